The second kappa shape index (κ2) is 4.00. The predicted octanol–water partition coefficient (Wildman–Crippen LogP) is 1.01. The molecule has 92 valence electrons. The lowest BCUT2D eigenvalue weighted by molar-refractivity contribution is 0.403. The highest BCUT2D eigenvalue weighted by atomic mass is 16.1. The van der Waals surface area contributed by atoms with Gasteiger partial charge in [0, 0.05) is 29.1 Å². The van der Waals surface area contributed by atoms with Crippen molar-refractivity contribution in [1.82, 2.24) is 19.5 Å². The zero-order valence-corrected chi connectivity index (χ0v) is 11.0. The van der Waals surface area contributed by atoms with Gasteiger partial charge in [0.15, 0.2) is 5.65 Å². The van der Waals surface area contributed by atoms with Crippen molar-refractivity contribution >= 4 is 5.65 Å². The zero-order chi connectivity index (χ0) is 12.7. The lowest BCUT2D eigenvalue weighted by Crippen LogP contribution is -2.20. The molecule has 0 fully saturated rings. The van der Waals surface area contributed by atoms with Crippen LogP contribution in [0.5, 0.6) is 0 Å². The molecule has 0 aliphatic rings. The van der Waals surface area contributed by atoms with E-state index in [1.165, 1.54) is 4.52 Å². The zero-order valence-electron chi connectivity index (χ0n) is 11.0. The minimum atomic E-state index is -0.0133. The van der Waals surface area contributed by atoms with Gasteiger partial charge in [-0.15, -0.1) is 0 Å². The van der Waals surface area contributed by atoms with Gasteiger partial charge in [-0.3, -0.25) is 9.89 Å². The van der Waals surface area contributed by atoms with Crippen molar-refractivity contribution < 1.29 is 0 Å². The number of hydrogen-bond donors (Lipinski definition) is 1. The van der Waals surface area contributed by atoms with Crippen molar-refractivity contribution in [1.29, 1.82) is 0 Å². The van der Waals surface area contributed by atoms with E-state index in [1.807, 2.05) is 27.9 Å². The Morgan fingerprint density at radius 3 is 2.53 bits per heavy atom. The van der Waals surface area contributed by atoms with E-state index < -0.39 is 0 Å². The molecule has 0 bridgehead atoms. The molecule has 2 aromatic heterocycles. The summed E-state index contributed by atoms with van der Waals surface area (Å²) in [6.07, 6.45) is 0. The summed E-state index contributed by atoms with van der Waals surface area (Å²) in [4.78, 5) is 18.7. The minimum Gasteiger partial charge on any atom is -0.305 e. The van der Waals surface area contributed by atoms with E-state index in [2.05, 4.69) is 15.0 Å². The van der Waals surface area contributed by atoms with Gasteiger partial charge in [-0.25, -0.2) is 9.50 Å². The minimum absolute atomic E-state index is 0.0133. The van der Waals surface area contributed by atoms with Crippen molar-refractivity contribution in [2.24, 2.45) is 0 Å². The summed E-state index contributed by atoms with van der Waals surface area (Å²) >= 11 is 0. The molecule has 0 unspecified atom stereocenters. The maximum atomic E-state index is 12.1. The fraction of sp³-hybridized carbons (Fsp3) is 0.500. The molecule has 1 N–H and O–H groups in total. The number of aromatic nitrogens is 3. The first-order valence-electron chi connectivity index (χ1n) is 5.64. The molecular formula is C12H18N4O. The van der Waals surface area contributed by atoms with Crippen LogP contribution in [0, 0.1) is 20.8 Å². The van der Waals surface area contributed by atoms with Crippen LogP contribution in [0.15, 0.2) is 4.79 Å². The fourth-order valence-corrected chi connectivity index (χ4v) is 1.93. The average Bonchev–Trinajstić information content (AvgIpc) is 2.53. The van der Waals surface area contributed by atoms with E-state index in [4.69, 9.17) is 0 Å². The Kier molecular flexibility index (Phi) is 2.79. The number of fused-ring (bicyclic) bond motifs is 1. The van der Waals surface area contributed by atoms with Gasteiger partial charge in [0.2, 0.25) is 0 Å². The van der Waals surface area contributed by atoms with Crippen LogP contribution in [0.1, 0.15) is 22.5 Å². The van der Waals surface area contributed by atoms with Gasteiger partial charge in [0.05, 0.1) is 0 Å². The third kappa shape index (κ3) is 1.86. The quantitative estimate of drug-likeness (QED) is 0.843. The maximum absolute atomic E-state index is 12.1. The molecule has 0 radical (unpaired) electrons. The third-order valence-electron chi connectivity index (χ3n) is 3.03. The molecule has 5 nitrogen and oxygen atoms in total. The topological polar surface area (TPSA) is 53.4 Å². The molecule has 2 heterocycles. The SMILES string of the molecule is Cc1nc2c(CN(C)C)c(C)[nH]n2c(=O)c1C. The number of rotatable bonds is 2. The van der Waals surface area contributed by atoms with Crippen molar-refractivity contribution in [3.8, 4) is 0 Å². The van der Waals surface area contributed by atoms with Crippen molar-refractivity contribution in [2.45, 2.75) is 27.3 Å². The van der Waals surface area contributed by atoms with Crippen molar-refractivity contribution in [3.05, 3.63) is 32.9 Å². The van der Waals surface area contributed by atoms with Gasteiger partial charge in [0.25, 0.3) is 5.56 Å². The Hall–Kier alpha value is -1.62. The summed E-state index contributed by atoms with van der Waals surface area (Å²) in [6, 6.07) is 0. The van der Waals surface area contributed by atoms with E-state index >= 15 is 0 Å². The molecule has 0 saturated heterocycles. The van der Waals surface area contributed by atoms with Gasteiger partial charge >= 0.3 is 0 Å². The third-order valence-corrected chi connectivity index (χ3v) is 3.03. The Labute approximate surface area is 100 Å². The summed E-state index contributed by atoms with van der Waals surface area (Å²) in [6.45, 7) is 6.42. The van der Waals surface area contributed by atoms with E-state index in [9.17, 15) is 4.79 Å². The second-order valence-electron chi connectivity index (χ2n) is 4.74. The molecular weight excluding hydrogens is 216 g/mol. The van der Waals surface area contributed by atoms with Crippen molar-refractivity contribution in [2.75, 3.05) is 14.1 Å². The highest BCUT2D eigenvalue weighted by molar-refractivity contribution is 5.50. The van der Waals surface area contributed by atoms with E-state index in [-0.39, 0.29) is 5.56 Å². The number of nitrogens with zero attached hydrogens (tertiary/aromatic N) is 3. The lowest BCUT2D eigenvalue weighted by atomic mass is 10.2. The summed E-state index contributed by atoms with van der Waals surface area (Å²) < 4.78 is 1.54. The van der Waals surface area contributed by atoms with Crippen LogP contribution in [0.25, 0.3) is 5.65 Å². The Balaban J connectivity index is 2.78. The number of hydrogen-bond acceptors (Lipinski definition) is 3. The molecule has 0 aromatic carbocycles. The predicted molar refractivity (Wildman–Crippen MR) is 67.4 cm³/mol. The Bertz CT molecular complexity index is 621. The molecule has 2 rings (SSSR count). The van der Waals surface area contributed by atoms with E-state index in [1.54, 1.807) is 6.92 Å². The molecule has 0 aliphatic heterocycles. The number of aryl methyl sites for hydroxylation is 2. The van der Waals surface area contributed by atoms with Crippen LogP contribution in [-0.2, 0) is 6.54 Å². The first-order valence-corrected chi connectivity index (χ1v) is 5.64. The summed E-state index contributed by atoms with van der Waals surface area (Å²) in [5.41, 5.74) is 4.29. The highest BCUT2D eigenvalue weighted by Gasteiger charge is 2.14. The van der Waals surface area contributed by atoms with Gasteiger partial charge in [-0.05, 0) is 34.9 Å². The summed E-state index contributed by atoms with van der Waals surface area (Å²) in [5.74, 6) is 0. The van der Waals surface area contributed by atoms with Gasteiger partial charge in [-0.2, -0.15) is 0 Å². The molecule has 0 amide bonds. The molecule has 5 heteroatoms. The van der Waals surface area contributed by atoms with Gasteiger partial charge < -0.3 is 4.90 Å². The Morgan fingerprint density at radius 1 is 1.29 bits per heavy atom. The molecule has 0 atom stereocenters. The number of nitrogens with one attached hydrogen (secondary N) is 1. The highest BCUT2D eigenvalue weighted by Crippen LogP contribution is 2.14. The molecule has 0 saturated carbocycles. The molecule has 0 spiro atoms. The number of H-pyrrole nitrogens is 1. The van der Waals surface area contributed by atoms with Crippen LogP contribution in [0.3, 0.4) is 0 Å². The maximum Gasteiger partial charge on any atom is 0.275 e. The normalized spacial score (nSPS) is 11.6. The first-order chi connectivity index (χ1) is 7.91. The Morgan fingerprint density at radius 2 is 1.94 bits per heavy atom. The van der Waals surface area contributed by atoms with Crippen LogP contribution in [0.2, 0.25) is 0 Å². The van der Waals surface area contributed by atoms with E-state index in [0.29, 0.717) is 5.56 Å². The number of aromatic amines is 1. The molecule has 2 aromatic rings. The average molecular weight is 234 g/mol. The monoisotopic (exact) mass is 234 g/mol. The van der Waals surface area contributed by atoms with Gasteiger partial charge in [-0.1, -0.05) is 0 Å². The van der Waals surface area contributed by atoms with Crippen LogP contribution < -0.4 is 5.56 Å². The van der Waals surface area contributed by atoms with Crippen LogP contribution in [-0.4, -0.2) is 33.6 Å². The fourth-order valence-electron chi connectivity index (χ4n) is 1.93. The molecule has 0 aliphatic carbocycles. The van der Waals surface area contributed by atoms with Gasteiger partial charge in [0.1, 0.15) is 0 Å². The van der Waals surface area contributed by atoms with Crippen LogP contribution >= 0.6 is 0 Å². The lowest BCUT2D eigenvalue weighted by Gasteiger charge is -2.08. The van der Waals surface area contributed by atoms with Crippen LogP contribution in [0.4, 0.5) is 0 Å². The summed E-state index contributed by atoms with van der Waals surface area (Å²) in [5, 5.41) is 3.08. The van der Waals surface area contributed by atoms with E-state index in [0.717, 1.165) is 29.1 Å². The molecule has 17 heavy (non-hydrogen) atoms. The standard InChI is InChI=1S/C12H18N4O/c1-7-8(2)13-11-10(6-15(4)5)9(3)14-16(11)12(7)17/h14H,6H2,1-5H3. The summed E-state index contributed by atoms with van der Waals surface area (Å²) in [7, 11) is 4.00. The second-order valence-corrected chi connectivity index (χ2v) is 4.74. The first kappa shape index (κ1) is 11.9. The largest absolute Gasteiger partial charge is 0.305 e. The smallest absolute Gasteiger partial charge is 0.275 e. The van der Waals surface area contributed by atoms with Crippen molar-refractivity contribution in [3.63, 3.8) is 0 Å².